The van der Waals surface area contributed by atoms with Crippen LogP contribution in [0, 0.1) is 13.8 Å². The Bertz CT molecular complexity index is 1170. The molecule has 0 fully saturated rings. The molecule has 6 heteroatoms. The van der Waals surface area contributed by atoms with Crippen LogP contribution in [0.4, 0.5) is 0 Å². The van der Waals surface area contributed by atoms with E-state index in [0.717, 1.165) is 33.7 Å². The van der Waals surface area contributed by atoms with Crippen LogP contribution in [0.3, 0.4) is 0 Å². The molecule has 4 rings (SSSR count). The van der Waals surface area contributed by atoms with Gasteiger partial charge in [-0.1, -0.05) is 59.7 Å². The van der Waals surface area contributed by atoms with Gasteiger partial charge in [0, 0.05) is 6.42 Å². The maximum Gasteiger partial charge on any atom is 0.279 e. The number of aryl methyl sites for hydroxylation is 2. The van der Waals surface area contributed by atoms with Gasteiger partial charge in [0.1, 0.15) is 5.75 Å². The smallest absolute Gasteiger partial charge is 0.279 e. The third-order valence-electron chi connectivity index (χ3n) is 5.32. The van der Waals surface area contributed by atoms with Crippen molar-refractivity contribution in [2.45, 2.75) is 31.2 Å². The number of rotatable bonds is 5. The molecule has 0 unspecified atom stereocenters. The molecular weight excluding hydrogens is 396 g/mol. The van der Waals surface area contributed by atoms with E-state index in [0.29, 0.717) is 6.42 Å². The SMILES string of the molecule is COc1ccc([C@@H]2CC(c3ccc(C)cc3)=NN2S(=O)(=O)c2ccc(C)cc2)cc1. The largest absolute Gasteiger partial charge is 0.497 e. The van der Waals surface area contributed by atoms with Crippen molar-refractivity contribution < 1.29 is 13.2 Å². The van der Waals surface area contributed by atoms with E-state index < -0.39 is 16.1 Å². The molecule has 0 aliphatic carbocycles. The van der Waals surface area contributed by atoms with E-state index in [1.807, 2.05) is 62.4 Å². The molecule has 1 aliphatic heterocycles. The van der Waals surface area contributed by atoms with Crippen LogP contribution in [-0.2, 0) is 10.0 Å². The van der Waals surface area contributed by atoms with Crippen LogP contribution >= 0.6 is 0 Å². The van der Waals surface area contributed by atoms with Gasteiger partial charge in [0.05, 0.1) is 23.8 Å². The summed E-state index contributed by atoms with van der Waals surface area (Å²) in [6, 6.07) is 21.9. The number of benzene rings is 3. The molecule has 0 saturated heterocycles. The fraction of sp³-hybridized carbons (Fsp3) is 0.208. The highest BCUT2D eigenvalue weighted by molar-refractivity contribution is 7.89. The standard InChI is InChI=1S/C24H24N2O3S/c1-17-4-8-19(9-5-17)23-16-24(20-10-12-21(29-3)13-11-20)26(25-23)30(27,28)22-14-6-18(2)7-15-22/h4-15,24H,16H2,1-3H3/t24-/m0/s1. The normalized spacial score (nSPS) is 16.4. The van der Waals surface area contributed by atoms with Crippen molar-refractivity contribution in [2.75, 3.05) is 7.11 Å². The maximum atomic E-state index is 13.5. The average molecular weight is 421 g/mol. The second kappa shape index (κ2) is 7.95. The summed E-state index contributed by atoms with van der Waals surface area (Å²) in [6.07, 6.45) is 0.500. The van der Waals surface area contributed by atoms with Gasteiger partial charge in [-0.2, -0.15) is 17.9 Å². The Kier molecular flexibility index (Phi) is 5.35. The van der Waals surface area contributed by atoms with Crippen LogP contribution in [0.2, 0.25) is 0 Å². The number of hydrogen-bond acceptors (Lipinski definition) is 4. The molecule has 0 N–H and O–H groups in total. The molecule has 0 bridgehead atoms. The number of hydrazone groups is 1. The van der Waals surface area contributed by atoms with Gasteiger partial charge in [-0.15, -0.1) is 0 Å². The number of nitrogens with zero attached hydrogens (tertiary/aromatic N) is 2. The van der Waals surface area contributed by atoms with Gasteiger partial charge < -0.3 is 4.74 Å². The summed E-state index contributed by atoms with van der Waals surface area (Å²) in [7, 11) is -2.19. The van der Waals surface area contributed by atoms with Gasteiger partial charge in [0.15, 0.2) is 0 Å². The van der Waals surface area contributed by atoms with Crippen LogP contribution < -0.4 is 4.74 Å². The summed E-state index contributed by atoms with van der Waals surface area (Å²) in [5.41, 5.74) is 4.71. The Balaban J connectivity index is 1.78. The molecule has 30 heavy (non-hydrogen) atoms. The minimum Gasteiger partial charge on any atom is -0.497 e. The van der Waals surface area contributed by atoms with Gasteiger partial charge in [0.25, 0.3) is 10.0 Å². The van der Waals surface area contributed by atoms with Crippen molar-refractivity contribution in [1.82, 2.24) is 4.41 Å². The minimum atomic E-state index is -3.80. The zero-order valence-corrected chi connectivity index (χ0v) is 18.1. The van der Waals surface area contributed by atoms with Crippen molar-refractivity contribution in [3.63, 3.8) is 0 Å². The Morgan fingerprint density at radius 3 is 2.00 bits per heavy atom. The van der Waals surface area contributed by atoms with Crippen LogP contribution in [0.15, 0.2) is 82.8 Å². The molecule has 1 atom stereocenters. The first-order valence-electron chi connectivity index (χ1n) is 9.78. The maximum absolute atomic E-state index is 13.5. The first kappa shape index (κ1) is 20.2. The molecule has 5 nitrogen and oxygen atoms in total. The van der Waals surface area contributed by atoms with Gasteiger partial charge in [-0.3, -0.25) is 0 Å². The number of ether oxygens (including phenoxy) is 1. The number of methoxy groups -OCH3 is 1. The molecule has 3 aromatic carbocycles. The summed E-state index contributed by atoms with van der Waals surface area (Å²) < 4.78 is 33.5. The van der Waals surface area contributed by atoms with Crippen molar-refractivity contribution in [3.05, 3.63) is 95.1 Å². The van der Waals surface area contributed by atoms with Gasteiger partial charge in [-0.05, 0) is 49.2 Å². The second-order valence-electron chi connectivity index (χ2n) is 7.50. The lowest BCUT2D eigenvalue weighted by molar-refractivity contribution is 0.370. The Labute approximate surface area is 177 Å². The Morgan fingerprint density at radius 1 is 0.867 bits per heavy atom. The molecule has 0 saturated carbocycles. The highest BCUT2D eigenvalue weighted by Crippen LogP contribution is 2.37. The summed E-state index contributed by atoms with van der Waals surface area (Å²) in [5, 5.41) is 4.59. The first-order chi connectivity index (χ1) is 14.4. The molecule has 0 aromatic heterocycles. The molecule has 0 spiro atoms. The average Bonchev–Trinajstić information content (AvgIpc) is 3.21. The topological polar surface area (TPSA) is 59.0 Å². The molecule has 1 aliphatic rings. The van der Waals surface area contributed by atoms with E-state index in [2.05, 4.69) is 5.10 Å². The second-order valence-corrected chi connectivity index (χ2v) is 9.29. The molecular formula is C24H24N2O3S. The van der Waals surface area contributed by atoms with Crippen LogP contribution in [-0.4, -0.2) is 25.7 Å². The quantitative estimate of drug-likeness (QED) is 0.593. The Hall–Kier alpha value is -3.12. The fourth-order valence-electron chi connectivity index (χ4n) is 3.52. The number of hydrogen-bond donors (Lipinski definition) is 0. The van der Waals surface area contributed by atoms with E-state index in [4.69, 9.17) is 4.74 Å². The summed E-state index contributed by atoms with van der Waals surface area (Å²) in [5.74, 6) is 0.726. The molecule has 0 radical (unpaired) electrons. The van der Waals surface area contributed by atoms with E-state index in [1.165, 1.54) is 4.41 Å². The van der Waals surface area contributed by atoms with Gasteiger partial charge in [0.2, 0.25) is 0 Å². The fourth-order valence-corrected chi connectivity index (χ4v) is 4.96. The zero-order chi connectivity index (χ0) is 21.3. The third kappa shape index (κ3) is 3.83. The molecule has 0 amide bonds. The van der Waals surface area contributed by atoms with Crippen LogP contribution in [0.1, 0.15) is 34.7 Å². The van der Waals surface area contributed by atoms with E-state index in [1.54, 1.807) is 31.4 Å². The molecule has 154 valence electrons. The van der Waals surface area contributed by atoms with Crippen LogP contribution in [0.25, 0.3) is 0 Å². The van der Waals surface area contributed by atoms with Crippen molar-refractivity contribution in [2.24, 2.45) is 5.10 Å². The lowest BCUT2D eigenvalue weighted by Gasteiger charge is -2.23. The Morgan fingerprint density at radius 2 is 1.43 bits per heavy atom. The third-order valence-corrected chi connectivity index (χ3v) is 7.02. The van der Waals surface area contributed by atoms with E-state index in [9.17, 15) is 8.42 Å². The first-order valence-corrected chi connectivity index (χ1v) is 11.2. The monoisotopic (exact) mass is 420 g/mol. The highest BCUT2D eigenvalue weighted by Gasteiger charge is 2.37. The lowest BCUT2D eigenvalue weighted by Crippen LogP contribution is -2.27. The lowest BCUT2D eigenvalue weighted by atomic mass is 9.98. The summed E-state index contributed by atoms with van der Waals surface area (Å²) >= 11 is 0. The van der Waals surface area contributed by atoms with Crippen LogP contribution in [0.5, 0.6) is 5.75 Å². The summed E-state index contributed by atoms with van der Waals surface area (Å²) in [4.78, 5) is 0.237. The van der Waals surface area contributed by atoms with Crippen molar-refractivity contribution >= 4 is 15.7 Å². The molecule has 1 heterocycles. The van der Waals surface area contributed by atoms with Gasteiger partial charge in [-0.25, -0.2) is 0 Å². The predicted molar refractivity (Wildman–Crippen MR) is 118 cm³/mol. The summed E-state index contributed by atoms with van der Waals surface area (Å²) in [6.45, 7) is 3.95. The predicted octanol–water partition coefficient (Wildman–Crippen LogP) is 4.85. The minimum absolute atomic E-state index is 0.237. The molecule has 3 aromatic rings. The number of sulfonamides is 1. The van der Waals surface area contributed by atoms with Gasteiger partial charge >= 0.3 is 0 Å². The van der Waals surface area contributed by atoms with E-state index in [-0.39, 0.29) is 4.90 Å². The van der Waals surface area contributed by atoms with E-state index >= 15 is 0 Å². The highest BCUT2D eigenvalue weighted by atomic mass is 32.2. The zero-order valence-electron chi connectivity index (χ0n) is 17.2. The van der Waals surface area contributed by atoms with Crippen molar-refractivity contribution in [1.29, 1.82) is 0 Å². The van der Waals surface area contributed by atoms with Crippen molar-refractivity contribution in [3.8, 4) is 5.75 Å².